The molecule has 1 rings (SSSR count). The smallest absolute Gasteiger partial charge is 0.175 e. The molecule has 0 aliphatic rings. The first-order chi connectivity index (χ1) is 5.68. The Labute approximate surface area is 72.2 Å². The van der Waals surface area contributed by atoms with Gasteiger partial charge in [-0.2, -0.15) is 0 Å². The van der Waals surface area contributed by atoms with Crippen LogP contribution in [-0.2, 0) is 11.8 Å². The van der Waals surface area contributed by atoms with Crippen LogP contribution in [0.5, 0.6) is 0 Å². The molecule has 0 saturated heterocycles. The number of hydrogen-bond acceptors (Lipinski definition) is 1. The second-order valence-corrected chi connectivity index (χ2v) is 2.75. The predicted octanol–water partition coefficient (Wildman–Crippen LogP) is 1.11. The number of ketones is 1. The summed E-state index contributed by atoms with van der Waals surface area (Å²) in [5, 5.41) is 0. The fourth-order valence-electron chi connectivity index (χ4n) is 0.923. The molecule has 0 atom stereocenters. The largest absolute Gasteiger partial charge is 0.295 e. The molecule has 0 spiro atoms. The highest BCUT2D eigenvalue weighted by atomic mass is 16.1. The number of rotatable bonds is 2. The molecule has 0 aliphatic carbocycles. The van der Waals surface area contributed by atoms with Crippen LogP contribution in [0, 0.1) is 0 Å². The van der Waals surface area contributed by atoms with Gasteiger partial charge in [-0.05, 0) is 25.1 Å². The third kappa shape index (κ3) is 2.66. The quantitative estimate of drug-likeness (QED) is 0.471. The zero-order chi connectivity index (χ0) is 8.97. The molecule has 0 radical (unpaired) electrons. The summed E-state index contributed by atoms with van der Waals surface area (Å²) < 4.78 is 1.94. The van der Waals surface area contributed by atoms with Crippen molar-refractivity contribution in [1.82, 2.24) is 0 Å². The standard InChI is InChI=1S/C10H12NO/c1-9(12)5-6-10-4-3-7-11(2)8-10/h3-8H,1-2H3/q+1/b6-5+. The van der Waals surface area contributed by atoms with Gasteiger partial charge in [-0.1, -0.05) is 0 Å². The van der Waals surface area contributed by atoms with Gasteiger partial charge in [0.25, 0.3) is 0 Å². The Morgan fingerprint density at radius 1 is 1.58 bits per heavy atom. The molecule has 1 heterocycles. The maximum atomic E-state index is 10.6. The molecule has 1 aromatic heterocycles. The Morgan fingerprint density at radius 3 is 2.92 bits per heavy atom. The molecule has 2 nitrogen and oxygen atoms in total. The maximum absolute atomic E-state index is 10.6. The Hall–Kier alpha value is -1.44. The summed E-state index contributed by atoms with van der Waals surface area (Å²) in [6.45, 7) is 1.54. The Bertz CT molecular complexity index is 315. The second kappa shape index (κ2) is 3.81. The van der Waals surface area contributed by atoms with E-state index in [1.54, 1.807) is 13.0 Å². The van der Waals surface area contributed by atoms with Crippen molar-refractivity contribution in [1.29, 1.82) is 0 Å². The average Bonchev–Trinajstić information content (AvgIpc) is 2.01. The van der Waals surface area contributed by atoms with Gasteiger partial charge in [0, 0.05) is 11.6 Å². The van der Waals surface area contributed by atoms with Crippen molar-refractivity contribution in [3.8, 4) is 0 Å². The van der Waals surface area contributed by atoms with E-state index in [2.05, 4.69) is 0 Å². The number of aryl methyl sites for hydroxylation is 1. The molecule has 12 heavy (non-hydrogen) atoms. The summed E-state index contributed by atoms with van der Waals surface area (Å²) in [5.41, 5.74) is 1.04. The van der Waals surface area contributed by atoms with E-state index in [9.17, 15) is 4.79 Å². The van der Waals surface area contributed by atoms with E-state index in [1.807, 2.05) is 42.2 Å². The van der Waals surface area contributed by atoms with Gasteiger partial charge in [-0.3, -0.25) is 4.79 Å². The van der Waals surface area contributed by atoms with Crippen molar-refractivity contribution in [3.63, 3.8) is 0 Å². The minimum atomic E-state index is 0.0708. The molecule has 62 valence electrons. The summed E-state index contributed by atoms with van der Waals surface area (Å²) in [5.74, 6) is 0.0708. The zero-order valence-electron chi connectivity index (χ0n) is 7.32. The number of aromatic nitrogens is 1. The SMILES string of the molecule is CC(=O)/C=C/c1ccc[n+](C)c1. The monoisotopic (exact) mass is 162 g/mol. The number of pyridine rings is 1. The van der Waals surface area contributed by atoms with Crippen molar-refractivity contribution < 1.29 is 9.36 Å². The van der Waals surface area contributed by atoms with E-state index < -0.39 is 0 Å². The summed E-state index contributed by atoms with van der Waals surface area (Å²) in [7, 11) is 1.95. The molecule has 0 fully saturated rings. The lowest BCUT2D eigenvalue weighted by Gasteiger charge is -1.89. The van der Waals surface area contributed by atoms with E-state index in [0.717, 1.165) is 5.56 Å². The number of nitrogens with zero attached hydrogens (tertiary/aromatic N) is 1. The average molecular weight is 162 g/mol. The van der Waals surface area contributed by atoms with Crippen LogP contribution in [0.2, 0.25) is 0 Å². The van der Waals surface area contributed by atoms with Crippen LogP contribution in [0.3, 0.4) is 0 Å². The van der Waals surface area contributed by atoms with Gasteiger partial charge < -0.3 is 0 Å². The predicted molar refractivity (Wildman–Crippen MR) is 47.3 cm³/mol. The van der Waals surface area contributed by atoms with Crippen molar-refractivity contribution in [2.75, 3.05) is 0 Å². The van der Waals surface area contributed by atoms with Gasteiger partial charge in [0.05, 0.1) is 0 Å². The van der Waals surface area contributed by atoms with Gasteiger partial charge in [0.2, 0.25) is 0 Å². The molecule has 1 aromatic rings. The molecule has 2 heteroatoms. The van der Waals surface area contributed by atoms with E-state index in [1.165, 1.54) is 0 Å². The van der Waals surface area contributed by atoms with Gasteiger partial charge in [-0.25, -0.2) is 4.57 Å². The van der Waals surface area contributed by atoms with E-state index >= 15 is 0 Å². The van der Waals surface area contributed by atoms with Crippen LogP contribution >= 0.6 is 0 Å². The van der Waals surface area contributed by atoms with Crippen molar-refractivity contribution in [2.45, 2.75) is 6.92 Å². The van der Waals surface area contributed by atoms with Crippen LogP contribution in [0.25, 0.3) is 6.08 Å². The first kappa shape index (κ1) is 8.65. The number of carbonyl (C=O) groups is 1. The third-order valence-electron chi connectivity index (χ3n) is 1.47. The minimum Gasteiger partial charge on any atom is -0.295 e. The lowest BCUT2D eigenvalue weighted by molar-refractivity contribution is -0.671. The topological polar surface area (TPSA) is 20.9 Å². The van der Waals surface area contributed by atoms with Crippen LogP contribution in [0.4, 0.5) is 0 Å². The van der Waals surface area contributed by atoms with Crippen molar-refractivity contribution >= 4 is 11.9 Å². The molecule has 0 N–H and O–H groups in total. The summed E-state index contributed by atoms with van der Waals surface area (Å²) in [4.78, 5) is 10.6. The highest BCUT2D eigenvalue weighted by molar-refractivity contribution is 5.91. The summed E-state index contributed by atoms with van der Waals surface area (Å²) in [6.07, 6.45) is 7.28. The van der Waals surface area contributed by atoms with E-state index in [0.29, 0.717) is 0 Å². The molecule has 0 bridgehead atoms. The normalized spacial score (nSPS) is 10.5. The second-order valence-electron chi connectivity index (χ2n) is 2.75. The molecule has 0 unspecified atom stereocenters. The Balaban J connectivity index is 2.83. The summed E-state index contributed by atoms with van der Waals surface area (Å²) >= 11 is 0. The highest BCUT2D eigenvalue weighted by Gasteiger charge is 1.92. The Morgan fingerprint density at radius 2 is 2.33 bits per heavy atom. The van der Waals surface area contributed by atoms with Crippen LogP contribution in [0.1, 0.15) is 12.5 Å². The van der Waals surface area contributed by atoms with Crippen LogP contribution < -0.4 is 4.57 Å². The zero-order valence-corrected chi connectivity index (χ0v) is 7.32. The molecular formula is C10H12NO+. The molecular weight excluding hydrogens is 150 g/mol. The van der Waals surface area contributed by atoms with Gasteiger partial charge >= 0.3 is 0 Å². The van der Waals surface area contributed by atoms with Crippen LogP contribution in [0.15, 0.2) is 30.6 Å². The highest BCUT2D eigenvalue weighted by Crippen LogP contribution is 1.96. The van der Waals surface area contributed by atoms with Gasteiger partial charge in [0.1, 0.15) is 7.05 Å². The first-order valence-electron chi connectivity index (χ1n) is 3.82. The van der Waals surface area contributed by atoms with Gasteiger partial charge in [-0.15, -0.1) is 0 Å². The molecule has 0 saturated carbocycles. The van der Waals surface area contributed by atoms with E-state index in [-0.39, 0.29) is 5.78 Å². The molecule has 0 aliphatic heterocycles. The van der Waals surface area contributed by atoms with Crippen molar-refractivity contribution in [2.24, 2.45) is 7.05 Å². The van der Waals surface area contributed by atoms with Crippen molar-refractivity contribution in [3.05, 3.63) is 36.2 Å². The minimum absolute atomic E-state index is 0.0708. The number of carbonyl (C=O) groups excluding carboxylic acids is 1. The van der Waals surface area contributed by atoms with Gasteiger partial charge in [0.15, 0.2) is 18.2 Å². The third-order valence-corrected chi connectivity index (χ3v) is 1.47. The lowest BCUT2D eigenvalue weighted by Crippen LogP contribution is -2.26. The summed E-state index contributed by atoms with van der Waals surface area (Å²) in [6, 6.07) is 3.90. The molecule has 0 amide bonds. The number of allylic oxidation sites excluding steroid dienone is 1. The van der Waals surface area contributed by atoms with E-state index in [4.69, 9.17) is 0 Å². The number of hydrogen-bond donors (Lipinski definition) is 0. The maximum Gasteiger partial charge on any atom is 0.175 e. The fourth-order valence-corrected chi connectivity index (χ4v) is 0.923. The lowest BCUT2D eigenvalue weighted by atomic mass is 10.2. The molecule has 0 aromatic carbocycles. The first-order valence-corrected chi connectivity index (χ1v) is 3.82. The van der Waals surface area contributed by atoms with Crippen LogP contribution in [-0.4, -0.2) is 5.78 Å². The fraction of sp³-hybridized carbons (Fsp3) is 0.200. The Kier molecular flexibility index (Phi) is 2.75.